The molecule has 24 heavy (non-hydrogen) atoms. The molecular formula is C17H26N2O4S. The Morgan fingerprint density at radius 3 is 2.62 bits per heavy atom. The predicted molar refractivity (Wildman–Crippen MR) is 92.4 cm³/mol. The molecule has 6 nitrogen and oxygen atoms in total. The molecule has 0 saturated heterocycles. The Labute approximate surface area is 144 Å². The van der Waals surface area contributed by atoms with E-state index in [0.29, 0.717) is 18.1 Å². The summed E-state index contributed by atoms with van der Waals surface area (Å²) in [6.07, 6.45) is 4.18. The van der Waals surface area contributed by atoms with Gasteiger partial charge in [-0.2, -0.15) is 0 Å². The summed E-state index contributed by atoms with van der Waals surface area (Å²) in [5, 5.41) is 3.01. The molecule has 0 unspecified atom stereocenters. The summed E-state index contributed by atoms with van der Waals surface area (Å²) in [4.78, 5) is 12.5. The van der Waals surface area contributed by atoms with Gasteiger partial charge in [0.2, 0.25) is 10.0 Å². The van der Waals surface area contributed by atoms with E-state index in [2.05, 4.69) is 17.0 Å². The first-order valence-corrected chi connectivity index (χ1v) is 9.80. The Bertz CT molecular complexity index is 652. The topological polar surface area (TPSA) is 84.5 Å². The van der Waals surface area contributed by atoms with Crippen molar-refractivity contribution < 1.29 is 17.9 Å². The highest BCUT2D eigenvalue weighted by atomic mass is 32.2. The lowest BCUT2D eigenvalue weighted by Gasteiger charge is -2.26. The number of ether oxygens (including phenoxy) is 1. The monoisotopic (exact) mass is 354 g/mol. The van der Waals surface area contributed by atoms with E-state index in [-0.39, 0.29) is 23.4 Å². The molecule has 134 valence electrons. The summed E-state index contributed by atoms with van der Waals surface area (Å²) < 4.78 is 31.7. The molecule has 2 N–H and O–H groups in total. The van der Waals surface area contributed by atoms with Gasteiger partial charge in [-0.05, 0) is 49.8 Å². The van der Waals surface area contributed by atoms with Crippen molar-refractivity contribution in [3.63, 3.8) is 0 Å². The SMILES string of the molecule is COCCNS(=O)(=O)c1cccc(C(=O)NC2CCC(C)CC2)c1. The number of hydrogen-bond donors (Lipinski definition) is 2. The van der Waals surface area contributed by atoms with Crippen LogP contribution in [0.4, 0.5) is 0 Å². The Morgan fingerprint density at radius 1 is 1.25 bits per heavy atom. The van der Waals surface area contributed by atoms with Crippen molar-refractivity contribution in [2.75, 3.05) is 20.3 Å². The maximum Gasteiger partial charge on any atom is 0.251 e. The lowest BCUT2D eigenvalue weighted by Crippen LogP contribution is -2.37. The summed E-state index contributed by atoms with van der Waals surface area (Å²) in [5.41, 5.74) is 0.364. The Kier molecular flexibility index (Phi) is 6.77. The van der Waals surface area contributed by atoms with Crippen molar-refractivity contribution in [2.24, 2.45) is 5.92 Å². The first-order chi connectivity index (χ1) is 11.4. The van der Waals surface area contributed by atoms with Crippen LogP contribution in [0.3, 0.4) is 0 Å². The first kappa shape index (κ1) is 18.9. The molecule has 0 radical (unpaired) electrons. The highest BCUT2D eigenvalue weighted by Gasteiger charge is 2.21. The minimum absolute atomic E-state index is 0.0866. The van der Waals surface area contributed by atoms with Gasteiger partial charge in [0.25, 0.3) is 5.91 Å². The van der Waals surface area contributed by atoms with E-state index in [1.54, 1.807) is 12.1 Å². The Balaban J connectivity index is 2.02. The van der Waals surface area contributed by atoms with Crippen LogP contribution in [0.15, 0.2) is 29.2 Å². The third-order valence-corrected chi connectivity index (χ3v) is 5.81. The van der Waals surface area contributed by atoms with Crippen molar-refractivity contribution in [3.05, 3.63) is 29.8 Å². The molecular weight excluding hydrogens is 328 g/mol. The van der Waals surface area contributed by atoms with Crippen LogP contribution in [0.2, 0.25) is 0 Å². The molecule has 7 heteroatoms. The number of methoxy groups -OCH3 is 1. The third kappa shape index (κ3) is 5.29. The van der Waals surface area contributed by atoms with Gasteiger partial charge in [-0.15, -0.1) is 0 Å². The van der Waals surface area contributed by atoms with Crippen molar-refractivity contribution in [2.45, 2.75) is 43.5 Å². The number of carbonyl (C=O) groups is 1. The zero-order chi connectivity index (χ0) is 17.6. The summed E-state index contributed by atoms with van der Waals surface area (Å²) in [7, 11) is -2.13. The first-order valence-electron chi connectivity index (χ1n) is 8.32. The van der Waals surface area contributed by atoms with Crippen LogP contribution >= 0.6 is 0 Å². The third-order valence-electron chi connectivity index (χ3n) is 4.36. The van der Waals surface area contributed by atoms with Crippen LogP contribution in [0.5, 0.6) is 0 Å². The fourth-order valence-electron chi connectivity index (χ4n) is 2.84. The van der Waals surface area contributed by atoms with Gasteiger partial charge < -0.3 is 10.1 Å². The van der Waals surface area contributed by atoms with Gasteiger partial charge in [-0.1, -0.05) is 13.0 Å². The molecule has 1 amide bonds. The number of amides is 1. The average molecular weight is 354 g/mol. The maximum absolute atomic E-state index is 12.4. The van der Waals surface area contributed by atoms with Crippen LogP contribution in [-0.2, 0) is 14.8 Å². The van der Waals surface area contributed by atoms with Gasteiger partial charge in [0.15, 0.2) is 0 Å². The van der Waals surface area contributed by atoms with Crippen molar-refractivity contribution in [3.8, 4) is 0 Å². The van der Waals surface area contributed by atoms with E-state index < -0.39 is 10.0 Å². The minimum atomic E-state index is -3.64. The van der Waals surface area contributed by atoms with Gasteiger partial charge in [-0.25, -0.2) is 13.1 Å². The second-order valence-electron chi connectivity index (χ2n) is 6.35. The van der Waals surface area contributed by atoms with Crippen molar-refractivity contribution in [1.82, 2.24) is 10.0 Å². The summed E-state index contributed by atoms with van der Waals surface area (Å²) >= 11 is 0. The lowest BCUT2D eigenvalue weighted by atomic mass is 9.87. The molecule has 1 aliphatic rings. The largest absolute Gasteiger partial charge is 0.383 e. The molecule has 1 aromatic carbocycles. The van der Waals surface area contributed by atoms with Crippen LogP contribution in [0, 0.1) is 5.92 Å². The molecule has 0 atom stereocenters. The molecule has 0 spiro atoms. The molecule has 1 aliphatic carbocycles. The van der Waals surface area contributed by atoms with E-state index in [4.69, 9.17) is 4.74 Å². The second kappa shape index (κ2) is 8.60. The molecule has 0 bridgehead atoms. The van der Waals surface area contributed by atoms with Gasteiger partial charge in [0.05, 0.1) is 11.5 Å². The van der Waals surface area contributed by atoms with E-state index in [1.807, 2.05) is 0 Å². The van der Waals surface area contributed by atoms with Gasteiger partial charge in [-0.3, -0.25) is 4.79 Å². The normalized spacial score (nSPS) is 21.4. The van der Waals surface area contributed by atoms with E-state index in [9.17, 15) is 13.2 Å². The highest BCUT2D eigenvalue weighted by Crippen LogP contribution is 2.23. The van der Waals surface area contributed by atoms with E-state index in [1.165, 1.54) is 19.2 Å². The van der Waals surface area contributed by atoms with Crippen LogP contribution in [0.25, 0.3) is 0 Å². The molecule has 1 fully saturated rings. The van der Waals surface area contributed by atoms with Crippen LogP contribution < -0.4 is 10.0 Å². The standard InChI is InChI=1S/C17H26N2O4S/c1-13-6-8-15(9-7-13)19-17(20)14-4-3-5-16(12-14)24(21,22)18-10-11-23-2/h3-5,12-13,15,18H,6-11H2,1-2H3,(H,19,20). The zero-order valence-corrected chi connectivity index (χ0v) is 15.1. The van der Waals surface area contributed by atoms with Crippen molar-refractivity contribution >= 4 is 15.9 Å². The maximum atomic E-state index is 12.4. The Morgan fingerprint density at radius 2 is 1.96 bits per heavy atom. The highest BCUT2D eigenvalue weighted by molar-refractivity contribution is 7.89. The summed E-state index contributed by atoms with van der Waals surface area (Å²) in [6, 6.07) is 6.29. The number of carbonyl (C=O) groups excluding carboxylic acids is 1. The van der Waals surface area contributed by atoms with Crippen molar-refractivity contribution in [1.29, 1.82) is 0 Å². The molecule has 0 heterocycles. The number of rotatable bonds is 7. The fraction of sp³-hybridized carbons (Fsp3) is 0.588. The quantitative estimate of drug-likeness (QED) is 0.733. The second-order valence-corrected chi connectivity index (χ2v) is 8.12. The molecule has 1 aromatic rings. The molecule has 1 saturated carbocycles. The zero-order valence-electron chi connectivity index (χ0n) is 14.2. The fourth-order valence-corrected chi connectivity index (χ4v) is 3.90. The molecule has 0 aliphatic heterocycles. The van der Waals surface area contributed by atoms with E-state index >= 15 is 0 Å². The number of hydrogen-bond acceptors (Lipinski definition) is 4. The van der Waals surface area contributed by atoms with Crippen LogP contribution in [-0.4, -0.2) is 40.6 Å². The lowest BCUT2D eigenvalue weighted by molar-refractivity contribution is 0.0923. The predicted octanol–water partition coefficient (Wildman–Crippen LogP) is 1.92. The van der Waals surface area contributed by atoms with Gasteiger partial charge in [0.1, 0.15) is 0 Å². The molecule has 0 aromatic heterocycles. The summed E-state index contributed by atoms with van der Waals surface area (Å²) in [5.74, 6) is 0.494. The van der Waals surface area contributed by atoms with Crippen LogP contribution in [0.1, 0.15) is 43.0 Å². The number of benzene rings is 1. The smallest absolute Gasteiger partial charge is 0.251 e. The molecule has 2 rings (SSSR count). The minimum Gasteiger partial charge on any atom is -0.383 e. The van der Waals surface area contributed by atoms with E-state index in [0.717, 1.165) is 25.7 Å². The van der Waals surface area contributed by atoms with Gasteiger partial charge in [0, 0.05) is 25.3 Å². The summed E-state index contributed by atoms with van der Waals surface area (Å²) in [6.45, 7) is 2.71. The number of sulfonamides is 1. The average Bonchev–Trinajstić information content (AvgIpc) is 2.57. The Hall–Kier alpha value is -1.44. The van der Waals surface area contributed by atoms with Gasteiger partial charge >= 0.3 is 0 Å². The number of nitrogens with one attached hydrogen (secondary N) is 2.